The number of likely N-dealkylation sites (tertiary alicyclic amines) is 1. The molecule has 2 heterocycles. The fourth-order valence-electron chi connectivity index (χ4n) is 5.33. The first-order chi connectivity index (χ1) is 18.6. The van der Waals surface area contributed by atoms with Crippen LogP contribution in [0.1, 0.15) is 47.2 Å². The highest BCUT2D eigenvalue weighted by atomic mass is 35.5. The van der Waals surface area contributed by atoms with Crippen molar-refractivity contribution in [3.05, 3.63) is 80.7 Å². The number of aromatic amines is 1. The van der Waals surface area contributed by atoms with E-state index >= 15 is 0 Å². The van der Waals surface area contributed by atoms with Gasteiger partial charge in [0.05, 0.1) is 12.2 Å². The molecule has 39 heavy (non-hydrogen) atoms. The van der Waals surface area contributed by atoms with Crippen LogP contribution in [0.25, 0.3) is 11.1 Å². The van der Waals surface area contributed by atoms with E-state index in [1.54, 1.807) is 17.0 Å². The maximum absolute atomic E-state index is 13.3. The molecule has 1 fully saturated rings. The zero-order valence-electron chi connectivity index (χ0n) is 21.7. The second kappa shape index (κ2) is 11.9. The fourth-order valence-corrected chi connectivity index (χ4v) is 5.62. The molecule has 1 aliphatic heterocycles. The van der Waals surface area contributed by atoms with Gasteiger partial charge in [0.15, 0.2) is 5.95 Å². The Kier molecular flexibility index (Phi) is 8.57. The highest BCUT2D eigenvalue weighted by molar-refractivity contribution is 6.33. The van der Waals surface area contributed by atoms with E-state index in [1.165, 1.54) is 6.20 Å². The van der Waals surface area contributed by atoms with Gasteiger partial charge in [-0.05, 0) is 49.8 Å². The van der Waals surface area contributed by atoms with Crippen LogP contribution in [-0.2, 0) is 10.3 Å². The van der Waals surface area contributed by atoms with Gasteiger partial charge in [-0.15, -0.1) is 0 Å². The number of rotatable bonds is 8. The number of aliphatic hydroxyl groups is 1. The normalized spacial score (nSPS) is 16.9. The molecule has 11 heteroatoms. The molecule has 2 amide bonds. The van der Waals surface area contributed by atoms with Crippen molar-refractivity contribution in [2.45, 2.75) is 38.2 Å². The van der Waals surface area contributed by atoms with Crippen LogP contribution in [0.4, 0.5) is 10.7 Å². The number of nitrogens with one attached hydrogen (secondary N) is 1. The van der Waals surface area contributed by atoms with Crippen molar-refractivity contribution in [3.8, 4) is 11.1 Å². The van der Waals surface area contributed by atoms with Crippen molar-refractivity contribution in [2.24, 2.45) is 11.7 Å². The molecular formula is C28H32ClN5O5. The summed E-state index contributed by atoms with van der Waals surface area (Å²) in [5, 5.41) is 13.0. The van der Waals surface area contributed by atoms with Crippen LogP contribution in [0.3, 0.4) is 0 Å². The number of piperidine rings is 1. The van der Waals surface area contributed by atoms with E-state index in [9.17, 15) is 19.5 Å². The summed E-state index contributed by atoms with van der Waals surface area (Å²) >= 11 is 6.74. The predicted molar refractivity (Wildman–Crippen MR) is 148 cm³/mol. The van der Waals surface area contributed by atoms with Crippen molar-refractivity contribution < 1.29 is 19.4 Å². The third kappa shape index (κ3) is 6.23. The minimum absolute atomic E-state index is 0.0276. The first kappa shape index (κ1) is 28.1. The molecule has 2 atom stereocenters. The van der Waals surface area contributed by atoms with E-state index in [0.29, 0.717) is 42.0 Å². The summed E-state index contributed by atoms with van der Waals surface area (Å²) < 4.78 is 4.94. The number of anilines is 1. The Balaban J connectivity index is 1.73. The number of ether oxygens (including phenoxy) is 1. The van der Waals surface area contributed by atoms with Crippen LogP contribution < -0.4 is 17.0 Å². The Hall–Kier alpha value is -3.89. The Labute approximate surface area is 230 Å². The van der Waals surface area contributed by atoms with E-state index in [2.05, 4.69) is 9.97 Å². The van der Waals surface area contributed by atoms with Crippen LogP contribution in [0.15, 0.2) is 53.5 Å². The summed E-state index contributed by atoms with van der Waals surface area (Å²) in [4.78, 5) is 44.6. The number of amides is 2. The molecule has 0 radical (unpaired) electrons. The number of nitrogens with zero attached hydrogens (tertiary/aromatic N) is 2. The fraction of sp³-hybridized carbons (Fsp3) is 0.357. The number of benzene rings is 2. The quantitative estimate of drug-likeness (QED) is 0.309. The number of nitrogens with two attached hydrogens (primary N) is 2. The van der Waals surface area contributed by atoms with Crippen LogP contribution >= 0.6 is 11.6 Å². The third-order valence-electron chi connectivity index (χ3n) is 7.17. The van der Waals surface area contributed by atoms with Crippen molar-refractivity contribution in [1.82, 2.24) is 14.9 Å². The number of hydrogen-bond acceptors (Lipinski definition) is 7. The Bertz CT molecular complexity index is 1430. The van der Waals surface area contributed by atoms with E-state index in [4.69, 9.17) is 27.8 Å². The first-order valence-electron chi connectivity index (χ1n) is 12.7. The molecule has 6 N–H and O–H groups in total. The maximum Gasteiger partial charge on any atom is 0.404 e. The van der Waals surface area contributed by atoms with Gasteiger partial charge in [-0.3, -0.25) is 14.6 Å². The lowest BCUT2D eigenvalue weighted by molar-refractivity contribution is -0.0588. The Morgan fingerprint density at radius 3 is 2.77 bits per heavy atom. The van der Waals surface area contributed by atoms with Crippen LogP contribution in [-0.4, -0.2) is 51.7 Å². The lowest BCUT2D eigenvalue weighted by atomic mass is 9.72. The van der Waals surface area contributed by atoms with Crippen LogP contribution in [0.5, 0.6) is 0 Å². The Morgan fingerprint density at radius 1 is 1.28 bits per heavy atom. The van der Waals surface area contributed by atoms with Crippen LogP contribution in [0, 0.1) is 12.8 Å². The topological polar surface area (TPSA) is 165 Å². The molecule has 1 aromatic heterocycles. The Morgan fingerprint density at radius 2 is 2.05 bits per heavy atom. The van der Waals surface area contributed by atoms with Crippen molar-refractivity contribution >= 4 is 29.5 Å². The molecule has 1 saturated heterocycles. The molecule has 0 saturated carbocycles. The number of carbonyl (C=O) groups excluding carboxylic acids is 2. The van der Waals surface area contributed by atoms with Gasteiger partial charge in [0.1, 0.15) is 5.56 Å². The lowest BCUT2D eigenvalue weighted by Gasteiger charge is -2.43. The molecule has 4 rings (SSSR count). The van der Waals surface area contributed by atoms with Gasteiger partial charge in [0.2, 0.25) is 0 Å². The molecule has 10 nitrogen and oxygen atoms in total. The SMILES string of the molecule is Cc1cccc(-c2c(Cl)cccc2[C@](O)(CCCOC(N)=O)[C@@H]2CCCN(C(=O)c3cnc(N)[nH]c3=O)C2)c1. The molecule has 0 unspecified atom stereocenters. The summed E-state index contributed by atoms with van der Waals surface area (Å²) in [5.41, 5.74) is 11.7. The number of hydrogen-bond donors (Lipinski definition) is 4. The zero-order chi connectivity index (χ0) is 28.2. The standard InChI is InChI=1S/C28H32ClN5O5/c1-17-6-2-7-18(14-17)23-21(9-3-10-22(23)29)28(38,11-5-13-39-27(31)37)19-8-4-12-34(16-19)25(36)20-15-32-26(30)33-24(20)35/h2-3,6-7,9-10,14-15,19,38H,4-5,8,11-13,16H2,1H3,(H2,31,37)(H3,30,32,33,35)/t19-,28+/m1/s1. The highest BCUT2D eigenvalue weighted by Gasteiger charge is 2.43. The largest absolute Gasteiger partial charge is 0.450 e. The number of H-pyrrole nitrogens is 1. The number of nitrogen functional groups attached to an aromatic ring is 1. The molecule has 2 aromatic carbocycles. The summed E-state index contributed by atoms with van der Waals surface area (Å²) in [6.07, 6.45) is 2.05. The van der Waals surface area contributed by atoms with E-state index in [0.717, 1.165) is 11.1 Å². The maximum atomic E-state index is 13.3. The number of aromatic nitrogens is 2. The average molecular weight is 554 g/mol. The van der Waals surface area contributed by atoms with Gasteiger partial charge >= 0.3 is 6.09 Å². The highest BCUT2D eigenvalue weighted by Crippen LogP contribution is 2.45. The molecule has 206 valence electrons. The van der Waals surface area contributed by atoms with Crippen molar-refractivity contribution in [1.29, 1.82) is 0 Å². The molecule has 0 bridgehead atoms. The minimum atomic E-state index is -1.45. The molecule has 0 aliphatic carbocycles. The predicted octanol–water partition coefficient (Wildman–Crippen LogP) is 3.60. The summed E-state index contributed by atoms with van der Waals surface area (Å²) in [6.45, 7) is 2.61. The van der Waals surface area contributed by atoms with Crippen LogP contribution in [0.2, 0.25) is 5.02 Å². The lowest BCUT2D eigenvalue weighted by Crippen LogP contribution is -2.49. The van der Waals surface area contributed by atoms with Gasteiger partial charge < -0.3 is 26.2 Å². The molecule has 3 aromatic rings. The number of halogens is 1. The van der Waals surface area contributed by atoms with Gasteiger partial charge in [-0.1, -0.05) is 53.6 Å². The van der Waals surface area contributed by atoms with Gasteiger partial charge in [0.25, 0.3) is 11.5 Å². The summed E-state index contributed by atoms with van der Waals surface area (Å²) in [6, 6.07) is 13.2. The average Bonchev–Trinajstić information content (AvgIpc) is 2.90. The second-order valence-electron chi connectivity index (χ2n) is 9.83. The molecule has 1 aliphatic rings. The van der Waals surface area contributed by atoms with Gasteiger partial charge in [-0.2, -0.15) is 0 Å². The molecular weight excluding hydrogens is 522 g/mol. The number of carbonyl (C=O) groups is 2. The number of aryl methyl sites for hydroxylation is 1. The van der Waals surface area contributed by atoms with E-state index in [1.807, 2.05) is 37.3 Å². The summed E-state index contributed by atoms with van der Waals surface area (Å²) in [7, 11) is 0. The van der Waals surface area contributed by atoms with E-state index in [-0.39, 0.29) is 31.1 Å². The van der Waals surface area contributed by atoms with Gasteiger partial charge in [0, 0.05) is 35.8 Å². The molecule has 0 spiro atoms. The minimum Gasteiger partial charge on any atom is -0.450 e. The monoisotopic (exact) mass is 553 g/mol. The first-order valence-corrected chi connectivity index (χ1v) is 13.1. The second-order valence-corrected chi connectivity index (χ2v) is 10.2. The summed E-state index contributed by atoms with van der Waals surface area (Å²) in [5.74, 6) is -0.977. The smallest absolute Gasteiger partial charge is 0.404 e. The van der Waals surface area contributed by atoms with Crippen molar-refractivity contribution in [2.75, 3.05) is 25.4 Å². The third-order valence-corrected chi connectivity index (χ3v) is 7.48. The van der Waals surface area contributed by atoms with Gasteiger partial charge in [-0.25, -0.2) is 9.78 Å². The zero-order valence-corrected chi connectivity index (χ0v) is 22.4. The number of primary amides is 1. The van der Waals surface area contributed by atoms with E-state index < -0.39 is 29.1 Å². The van der Waals surface area contributed by atoms with Crippen molar-refractivity contribution in [3.63, 3.8) is 0 Å².